The van der Waals surface area contributed by atoms with Crippen LogP contribution in [-0.4, -0.2) is 4.57 Å². The van der Waals surface area contributed by atoms with Crippen LogP contribution in [0.15, 0.2) is 29.1 Å². The molecule has 1 aromatic carbocycles. The van der Waals surface area contributed by atoms with Crippen molar-refractivity contribution in [3.05, 3.63) is 45.9 Å². The van der Waals surface area contributed by atoms with Gasteiger partial charge in [0.2, 0.25) is 0 Å². The van der Waals surface area contributed by atoms with Gasteiger partial charge in [0, 0.05) is 11.7 Å². The standard InChI is InChI=1S/C14H15NO/c1-9-4-3-5-11-8-10(2)15(12-6-7-12)14(16)13(9)11/h3-5,8,12H,6-7H2,1-2H3. The van der Waals surface area contributed by atoms with E-state index in [1.807, 2.05) is 36.6 Å². The lowest BCUT2D eigenvalue weighted by atomic mass is 10.1. The van der Waals surface area contributed by atoms with Crippen molar-refractivity contribution in [2.24, 2.45) is 0 Å². The van der Waals surface area contributed by atoms with Crippen LogP contribution in [0.2, 0.25) is 0 Å². The second-order valence-electron chi connectivity index (χ2n) is 4.73. The predicted molar refractivity (Wildman–Crippen MR) is 66.0 cm³/mol. The molecule has 2 aromatic rings. The smallest absolute Gasteiger partial charge is 0.259 e. The molecule has 1 fully saturated rings. The molecule has 0 unspecified atom stereocenters. The maximum atomic E-state index is 12.4. The molecule has 1 heterocycles. The van der Waals surface area contributed by atoms with Crippen molar-refractivity contribution in [1.82, 2.24) is 4.57 Å². The molecule has 0 bridgehead atoms. The van der Waals surface area contributed by atoms with Crippen LogP contribution in [0.25, 0.3) is 10.8 Å². The molecule has 82 valence electrons. The van der Waals surface area contributed by atoms with Crippen molar-refractivity contribution in [3.8, 4) is 0 Å². The molecule has 1 aromatic heterocycles. The third kappa shape index (κ3) is 1.29. The van der Waals surface area contributed by atoms with E-state index >= 15 is 0 Å². The number of aryl methyl sites for hydroxylation is 2. The average Bonchev–Trinajstić information content (AvgIpc) is 3.01. The lowest BCUT2D eigenvalue weighted by Crippen LogP contribution is -2.21. The normalized spacial score (nSPS) is 15.6. The molecular formula is C14H15NO. The van der Waals surface area contributed by atoms with Crippen molar-refractivity contribution >= 4 is 10.8 Å². The largest absolute Gasteiger partial charge is 0.309 e. The van der Waals surface area contributed by atoms with Crippen LogP contribution in [-0.2, 0) is 0 Å². The van der Waals surface area contributed by atoms with Crippen molar-refractivity contribution in [2.45, 2.75) is 32.7 Å². The summed E-state index contributed by atoms with van der Waals surface area (Å²) in [5.74, 6) is 0. The number of hydrogen-bond donors (Lipinski definition) is 0. The van der Waals surface area contributed by atoms with Gasteiger partial charge in [0.05, 0.1) is 5.39 Å². The van der Waals surface area contributed by atoms with E-state index in [-0.39, 0.29) is 5.56 Å². The number of nitrogens with zero attached hydrogens (tertiary/aromatic N) is 1. The van der Waals surface area contributed by atoms with E-state index in [1.165, 1.54) is 0 Å². The minimum atomic E-state index is 0.190. The molecule has 2 nitrogen and oxygen atoms in total. The summed E-state index contributed by atoms with van der Waals surface area (Å²) in [6, 6.07) is 8.63. The summed E-state index contributed by atoms with van der Waals surface area (Å²) in [6.07, 6.45) is 2.30. The van der Waals surface area contributed by atoms with Crippen molar-refractivity contribution in [1.29, 1.82) is 0 Å². The van der Waals surface area contributed by atoms with Crippen molar-refractivity contribution in [2.75, 3.05) is 0 Å². The van der Waals surface area contributed by atoms with E-state index in [2.05, 4.69) is 6.07 Å². The fraction of sp³-hybridized carbons (Fsp3) is 0.357. The summed E-state index contributed by atoms with van der Waals surface area (Å²) in [6.45, 7) is 4.04. The number of hydrogen-bond acceptors (Lipinski definition) is 1. The third-order valence-electron chi connectivity index (χ3n) is 3.39. The predicted octanol–water partition coefficient (Wildman–Crippen LogP) is 2.95. The first-order valence-electron chi connectivity index (χ1n) is 5.80. The highest BCUT2D eigenvalue weighted by Gasteiger charge is 2.26. The number of rotatable bonds is 1. The quantitative estimate of drug-likeness (QED) is 0.713. The first-order chi connectivity index (χ1) is 7.68. The van der Waals surface area contributed by atoms with E-state index in [0.29, 0.717) is 6.04 Å². The minimum Gasteiger partial charge on any atom is -0.309 e. The molecule has 0 aliphatic heterocycles. The highest BCUT2D eigenvalue weighted by molar-refractivity contribution is 5.85. The van der Waals surface area contributed by atoms with Gasteiger partial charge in [-0.25, -0.2) is 0 Å². The molecule has 0 saturated heterocycles. The Bertz CT molecular complexity index is 620. The fourth-order valence-electron chi connectivity index (χ4n) is 2.46. The highest BCUT2D eigenvalue weighted by atomic mass is 16.1. The van der Waals surface area contributed by atoms with Crippen LogP contribution in [0, 0.1) is 13.8 Å². The Morgan fingerprint density at radius 3 is 2.69 bits per heavy atom. The van der Waals surface area contributed by atoms with Crippen LogP contribution in [0.5, 0.6) is 0 Å². The lowest BCUT2D eigenvalue weighted by molar-refractivity contribution is 0.689. The van der Waals surface area contributed by atoms with Gasteiger partial charge in [0.15, 0.2) is 0 Å². The molecule has 0 spiro atoms. The van der Waals surface area contributed by atoms with E-state index in [1.54, 1.807) is 0 Å². The van der Waals surface area contributed by atoms with Crippen LogP contribution < -0.4 is 5.56 Å². The summed E-state index contributed by atoms with van der Waals surface area (Å²) >= 11 is 0. The van der Waals surface area contributed by atoms with Gasteiger partial charge in [-0.3, -0.25) is 4.79 Å². The molecular weight excluding hydrogens is 198 g/mol. The van der Waals surface area contributed by atoms with E-state index in [9.17, 15) is 4.79 Å². The van der Waals surface area contributed by atoms with Crippen molar-refractivity contribution in [3.63, 3.8) is 0 Å². The van der Waals surface area contributed by atoms with E-state index < -0.39 is 0 Å². The Balaban J connectivity index is 2.45. The maximum absolute atomic E-state index is 12.4. The summed E-state index contributed by atoms with van der Waals surface area (Å²) in [5, 5.41) is 1.96. The maximum Gasteiger partial charge on any atom is 0.259 e. The van der Waals surface area contributed by atoms with E-state index in [0.717, 1.165) is 34.9 Å². The van der Waals surface area contributed by atoms with Gasteiger partial charge in [0.25, 0.3) is 5.56 Å². The zero-order chi connectivity index (χ0) is 11.3. The van der Waals surface area contributed by atoms with Crippen molar-refractivity contribution < 1.29 is 0 Å². The molecule has 1 saturated carbocycles. The number of fused-ring (bicyclic) bond motifs is 1. The lowest BCUT2D eigenvalue weighted by Gasteiger charge is -2.11. The summed E-state index contributed by atoms with van der Waals surface area (Å²) in [4.78, 5) is 12.4. The number of benzene rings is 1. The SMILES string of the molecule is Cc1cccc2cc(C)n(C3CC3)c(=O)c12. The summed E-state index contributed by atoms with van der Waals surface area (Å²) < 4.78 is 1.97. The van der Waals surface area contributed by atoms with Gasteiger partial charge in [-0.15, -0.1) is 0 Å². The van der Waals surface area contributed by atoms with Gasteiger partial charge >= 0.3 is 0 Å². The summed E-state index contributed by atoms with van der Waals surface area (Å²) in [7, 11) is 0. The molecule has 3 rings (SSSR count). The monoisotopic (exact) mass is 213 g/mol. The van der Waals surface area contributed by atoms with Gasteiger partial charge < -0.3 is 4.57 Å². The zero-order valence-electron chi connectivity index (χ0n) is 9.66. The van der Waals surface area contributed by atoms with Crippen LogP contribution >= 0.6 is 0 Å². The molecule has 16 heavy (non-hydrogen) atoms. The van der Waals surface area contributed by atoms with E-state index in [4.69, 9.17) is 0 Å². The Hall–Kier alpha value is -1.57. The molecule has 1 aliphatic carbocycles. The molecule has 1 aliphatic rings. The zero-order valence-corrected chi connectivity index (χ0v) is 9.66. The molecule has 2 heteroatoms. The first-order valence-corrected chi connectivity index (χ1v) is 5.80. The fourth-order valence-corrected chi connectivity index (χ4v) is 2.46. The Kier molecular flexibility index (Phi) is 1.93. The topological polar surface area (TPSA) is 22.0 Å². The number of aromatic nitrogens is 1. The third-order valence-corrected chi connectivity index (χ3v) is 3.39. The average molecular weight is 213 g/mol. The summed E-state index contributed by atoms with van der Waals surface area (Å²) in [5.41, 5.74) is 2.36. The van der Waals surface area contributed by atoms with Gasteiger partial charge in [-0.05, 0) is 43.7 Å². The molecule has 0 radical (unpaired) electrons. The second-order valence-corrected chi connectivity index (χ2v) is 4.73. The van der Waals surface area contributed by atoms with Crippen LogP contribution in [0.4, 0.5) is 0 Å². The van der Waals surface area contributed by atoms with Gasteiger partial charge in [0.1, 0.15) is 0 Å². The van der Waals surface area contributed by atoms with Gasteiger partial charge in [-0.2, -0.15) is 0 Å². The Morgan fingerprint density at radius 2 is 2.00 bits per heavy atom. The number of pyridine rings is 1. The second kappa shape index (κ2) is 3.21. The molecule has 0 amide bonds. The molecule has 0 atom stereocenters. The first kappa shape index (κ1) is 9.64. The molecule has 0 N–H and O–H groups in total. The minimum absolute atomic E-state index is 0.190. The van der Waals surface area contributed by atoms with Gasteiger partial charge in [-0.1, -0.05) is 18.2 Å². The Labute approximate surface area is 94.5 Å². The highest BCUT2D eigenvalue weighted by Crippen LogP contribution is 2.35. The van der Waals surface area contributed by atoms with Crippen LogP contribution in [0.3, 0.4) is 0 Å². The Morgan fingerprint density at radius 1 is 1.25 bits per heavy atom. The van der Waals surface area contributed by atoms with Crippen LogP contribution in [0.1, 0.15) is 30.1 Å².